The summed E-state index contributed by atoms with van der Waals surface area (Å²) in [7, 11) is 0. The molecule has 176 valence electrons. The minimum absolute atomic E-state index is 0.127. The van der Waals surface area contributed by atoms with Gasteiger partial charge in [0.15, 0.2) is 0 Å². The SMILES string of the molecule is O=C(N1CCc2ncc(C(F)(F)F)cc2C1)C12CCCC1CC(NCCc1ccccn1)C2. The van der Waals surface area contributed by atoms with Crippen molar-refractivity contribution >= 4 is 5.91 Å². The third-order valence-corrected chi connectivity index (χ3v) is 7.76. The van der Waals surface area contributed by atoms with Crippen molar-refractivity contribution < 1.29 is 18.0 Å². The van der Waals surface area contributed by atoms with Gasteiger partial charge in [-0.05, 0) is 55.4 Å². The van der Waals surface area contributed by atoms with Gasteiger partial charge in [0, 0.05) is 62.3 Å². The Hall–Kier alpha value is -2.48. The van der Waals surface area contributed by atoms with Gasteiger partial charge in [0.05, 0.1) is 11.0 Å². The second kappa shape index (κ2) is 8.70. The van der Waals surface area contributed by atoms with Crippen molar-refractivity contribution in [1.29, 1.82) is 0 Å². The predicted octanol–water partition coefficient (Wildman–Crippen LogP) is 4.16. The highest BCUT2D eigenvalue weighted by Crippen LogP contribution is 2.55. The Balaban J connectivity index is 1.26. The van der Waals surface area contributed by atoms with E-state index < -0.39 is 11.7 Å². The quantitative estimate of drug-likeness (QED) is 0.731. The number of nitrogens with one attached hydrogen (secondary N) is 1. The summed E-state index contributed by atoms with van der Waals surface area (Å²) < 4.78 is 39.5. The van der Waals surface area contributed by atoms with Crippen molar-refractivity contribution in [3.05, 3.63) is 59.2 Å². The first-order chi connectivity index (χ1) is 15.8. The number of halogens is 3. The number of hydrogen-bond acceptors (Lipinski definition) is 4. The monoisotopic (exact) mass is 458 g/mol. The number of carbonyl (C=O) groups excluding carboxylic acids is 1. The molecule has 5 rings (SSSR count). The number of hydrogen-bond donors (Lipinski definition) is 1. The highest BCUT2D eigenvalue weighted by Gasteiger charge is 2.56. The minimum Gasteiger partial charge on any atom is -0.337 e. The number of carbonyl (C=O) groups is 1. The first-order valence-corrected chi connectivity index (χ1v) is 11.8. The van der Waals surface area contributed by atoms with Crippen LogP contribution in [0.1, 0.15) is 54.6 Å². The molecule has 3 atom stereocenters. The molecule has 2 saturated carbocycles. The van der Waals surface area contributed by atoms with Gasteiger partial charge in [0.2, 0.25) is 5.91 Å². The van der Waals surface area contributed by atoms with Gasteiger partial charge in [-0.1, -0.05) is 12.5 Å². The lowest BCUT2D eigenvalue weighted by Gasteiger charge is -2.37. The molecule has 2 aromatic rings. The average molecular weight is 459 g/mol. The average Bonchev–Trinajstić information content (AvgIpc) is 3.36. The van der Waals surface area contributed by atoms with Crippen LogP contribution >= 0.6 is 0 Å². The number of rotatable bonds is 5. The Bertz CT molecular complexity index is 1010. The Morgan fingerprint density at radius 1 is 1.27 bits per heavy atom. The van der Waals surface area contributed by atoms with E-state index in [4.69, 9.17) is 0 Å². The van der Waals surface area contributed by atoms with Crippen molar-refractivity contribution in [2.24, 2.45) is 11.3 Å². The second-order valence-electron chi connectivity index (χ2n) is 9.71. The summed E-state index contributed by atoms with van der Waals surface area (Å²) in [6, 6.07) is 7.37. The molecule has 0 spiro atoms. The standard InChI is InChI=1S/C25H29F3N4O/c26-25(27,28)19-12-17-16-32(11-7-22(17)31-15-19)23(33)24-8-3-4-18(24)13-21(14-24)30-10-6-20-5-1-2-9-29-20/h1-2,5,9,12,15,18,21,30H,3-4,6-8,10-11,13-14,16H2. The van der Waals surface area contributed by atoms with Crippen LogP contribution in [-0.2, 0) is 30.4 Å². The summed E-state index contributed by atoms with van der Waals surface area (Å²) in [6.45, 7) is 1.56. The lowest BCUT2D eigenvalue weighted by atomic mass is 9.78. The molecule has 2 aliphatic carbocycles. The van der Waals surface area contributed by atoms with Crippen molar-refractivity contribution in [2.75, 3.05) is 13.1 Å². The third-order valence-electron chi connectivity index (χ3n) is 7.76. The van der Waals surface area contributed by atoms with Crippen molar-refractivity contribution in [1.82, 2.24) is 20.2 Å². The summed E-state index contributed by atoms with van der Waals surface area (Å²) >= 11 is 0. The summed E-state index contributed by atoms with van der Waals surface area (Å²) in [5, 5.41) is 3.64. The van der Waals surface area contributed by atoms with E-state index >= 15 is 0 Å². The van der Waals surface area contributed by atoms with Gasteiger partial charge in [-0.3, -0.25) is 14.8 Å². The maximum absolute atomic E-state index is 13.8. The third kappa shape index (κ3) is 4.37. The zero-order chi connectivity index (χ0) is 23.1. The Morgan fingerprint density at radius 3 is 2.94 bits per heavy atom. The topological polar surface area (TPSA) is 58.1 Å². The zero-order valence-corrected chi connectivity index (χ0v) is 18.6. The number of nitrogens with zero attached hydrogens (tertiary/aromatic N) is 3. The molecule has 8 heteroatoms. The van der Waals surface area contributed by atoms with E-state index in [1.165, 1.54) is 6.07 Å². The number of amides is 1. The highest BCUT2D eigenvalue weighted by molar-refractivity contribution is 5.84. The van der Waals surface area contributed by atoms with E-state index in [1.54, 1.807) is 11.1 Å². The van der Waals surface area contributed by atoms with Crippen LogP contribution in [0.15, 0.2) is 36.7 Å². The maximum Gasteiger partial charge on any atom is 0.417 e. The maximum atomic E-state index is 13.8. The molecule has 0 bridgehead atoms. The fraction of sp³-hybridized carbons (Fsp3) is 0.560. The largest absolute Gasteiger partial charge is 0.417 e. The van der Waals surface area contributed by atoms with E-state index in [1.807, 2.05) is 18.2 Å². The smallest absolute Gasteiger partial charge is 0.337 e. The van der Waals surface area contributed by atoms with Crippen LogP contribution in [0, 0.1) is 11.3 Å². The lowest BCUT2D eigenvalue weighted by Crippen LogP contribution is -2.47. The van der Waals surface area contributed by atoms with Gasteiger partial charge < -0.3 is 10.2 Å². The molecule has 3 aliphatic rings. The van der Waals surface area contributed by atoms with Crippen LogP contribution in [0.2, 0.25) is 0 Å². The fourth-order valence-corrected chi connectivity index (χ4v) is 6.17. The molecule has 1 aliphatic heterocycles. The molecule has 0 radical (unpaired) electrons. The van der Waals surface area contributed by atoms with E-state index in [0.29, 0.717) is 36.2 Å². The van der Waals surface area contributed by atoms with Gasteiger partial charge in [0.1, 0.15) is 0 Å². The van der Waals surface area contributed by atoms with E-state index in [9.17, 15) is 18.0 Å². The second-order valence-corrected chi connectivity index (χ2v) is 9.71. The number of aromatic nitrogens is 2. The molecule has 1 amide bonds. The Kier molecular flexibility index (Phi) is 5.89. The molecule has 1 N–H and O–H groups in total. The van der Waals surface area contributed by atoms with Gasteiger partial charge in [-0.25, -0.2) is 0 Å². The predicted molar refractivity (Wildman–Crippen MR) is 117 cm³/mol. The lowest BCUT2D eigenvalue weighted by molar-refractivity contribution is -0.144. The Labute approximate surface area is 191 Å². The van der Waals surface area contributed by atoms with Gasteiger partial charge in [-0.2, -0.15) is 13.2 Å². The van der Waals surface area contributed by atoms with Crippen molar-refractivity contribution in [3.63, 3.8) is 0 Å². The molecule has 3 heterocycles. The molecular formula is C25H29F3N4O. The molecule has 2 fully saturated rings. The van der Waals surface area contributed by atoms with Gasteiger partial charge in [-0.15, -0.1) is 0 Å². The summed E-state index contributed by atoms with van der Waals surface area (Å²) in [4.78, 5) is 24.0. The number of alkyl halides is 3. The van der Waals surface area contributed by atoms with Crippen LogP contribution in [-0.4, -0.2) is 39.9 Å². The van der Waals surface area contributed by atoms with Crippen molar-refractivity contribution in [3.8, 4) is 0 Å². The van der Waals surface area contributed by atoms with Crippen LogP contribution in [0.4, 0.5) is 13.2 Å². The Morgan fingerprint density at radius 2 is 2.15 bits per heavy atom. The minimum atomic E-state index is -4.43. The zero-order valence-electron chi connectivity index (χ0n) is 18.6. The normalized spacial score (nSPS) is 26.8. The summed E-state index contributed by atoms with van der Waals surface area (Å²) in [5.41, 5.74) is 1.12. The molecular weight excluding hydrogens is 429 g/mol. The molecule has 0 aromatic carbocycles. The first kappa shape index (κ1) is 22.3. The first-order valence-electron chi connectivity index (χ1n) is 11.8. The summed E-state index contributed by atoms with van der Waals surface area (Å²) in [6.07, 6.45) is 4.39. The molecule has 33 heavy (non-hydrogen) atoms. The van der Waals surface area contributed by atoms with E-state index in [0.717, 1.165) is 57.0 Å². The molecule has 0 saturated heterocycles. The van der Waals surface area contributed by atoms with Gasteiger partial charge >= 0.3 is 6.18 Å². The van der Waals surface area contributed by atoms with E-state index in [2.05, 4.69) is 15.3 Å². The van der Waals surface area contributed by atoms with E-state index in [-0.39, 0.29) is 17.9 Å². The number of pyridine rings is 2. The van der Waals surface area contributed by atoms with Crippen LogP contribution < -0.4 is 5.32 Å². The highest BCUT2D eigenvalue weighted by atomic mass is 19.4. The van der Waals surface area contributed by atoms with Gasteiger partial charge in [0.25, 0.3) is 0 Å². The fourth-order valence-electron chi connectivity index (χ4n) is 6.17. The summed E-state index contributed by atoms with van der Waals surface area (Å²) in [5.74, 6) is 0.473. The molecule has 5 nitrogen and oxygen atoms in total. The van der Waals surface area contributed by atoms with Crippen LogP contribution in [0.5, 0.6) is 0 Å². The molecule has 2 aromatic heterocycles. The van der Waals surface area contributed by atoms with Crippen LogP contribution in [0.3, 0.4) is 0 Å². The molecule has 3 unspecified atom stereocenters. The van der Waals surface area contributed by atoms with Crippen molar-refractivity contribution in [2.45, 2.75) is 63.7 Å². The van der Waals surface area contributed by atoms with Crippen LogP contribution in [0.25, 0.3) is 0 Å². The number of fused-ring (bicyclic) bond motifs is 2.